The highest BCUT2D eigenvalue weighted by Crippen LogP contribution is 2.29. The minimum atomic E-state index is -4.87. The number of halogens is 3. The van der Waals surface area contributed by atoms with Crippen molar-refractivity contribution in [3.05, 3.63) is 102 Å². The van der Waals surface area contributed by atoms with Crippen molar-refractivity contribution in [3.63, 3.8) is 0 Å². The third-order valence-corrected chi connectivity index (χ3v) is 8.84. The maximum Gasteiger partial charge on any atom is 0.573 e. The van der Waals surface area contributed by atoms with Crippen LogP contribution < -0.4 is 24.2 Å². The summed E-state index contributed by atoms with van der Waals surface area (Å²) in [5.41, 5.74) is 0.805. The molecule has 0 unspecified atom stereocenters. The average Bonchev–Trinajstić information content (AvgIpc) is 3.03. The van der Waals surface area contributed by atoms with E-state index in [4.69, 9.17) is 9.47 Å². The number of aromatic carboxylic acids is 1. The van der Waals surface area contributed by atoms with Gasteiger partial charge in [-0.15, -0.1) is 13.2 Å². The van der Waals surface area contributed by atoms with E-state index >= 15 is 0 Å². The maximum absolute atomic E-state index is 12.7. The van der Waals surface area contributed by atoms with Gasteiger partial charge in [-0.3, -0.25) is 4.79 Å². The second kappa shape index (κ2) is 14.7. The van der Waals surface area contributed by atoms with Crippen molar-refractivity contribution < 1.29 is 50.5 Å². The molecular weight excluding hydrogens is 655 g/mol. The summed E-state index contributed by atoms with van der Waals surface area (Å²) in [6, 6.07) is 20.0. The van der Waals surface area contributed by atoms with Crippen LogP contribution in [0.2, 0.25) is 0 Å². The Bertz CT molecular complexity index is 1830. The lowest BCUT2D eigenvalue weighted by Crippen LogP contribution is -2.39. The van der Waals surface area contributed by atoms with Crippen molar-refractivity contribution in [2.75, 3.05) is 5.32 Å². The second-order valence-electron chi connectivity index (χ2n) is 10.9. The van der Waals surface area contributed by atoms with Crippen LogP contribution in [0.15, 0.2) is 96.0 Å². The Balaban J connectivity index is 1.06. The minimum Gasteiger partial charge on any atom is -0.490 e. The van der Waals surface area contributed by atoms with Crippen LogP contribution in [-0.4, -0.2) is 48.9 Å². The Labute approximate surface area is 273 Å². The molecule has 4 aromatic rings. The number of aromatic nitrogens is 1. The summed E-state index contributed by atoms with van der Waals surface area (Å²) < 4.78 is 80.8. The van der Waals surface area contributed by atoms with Gasteiger partial charge in [0.25, 0.3) is 0 Å². The first-order valence-corrected chi connectivity index (χ1v) is 16.2. The third kappa shape index (κ3) is 9.68. The van der Waals surface area contributed by atoms with E-state index in [1.165, 1.54) is 18.3 Å². The molecule has 0 spiro atoms. The van der Waals surface area contributed by atoms with Crippen LogP contribution in [0.4, 0.5) is 18.9 Å². The monoisotopic (exact) mass is 685 g/mol. The normalized spacial score (nSPS) is 16.5. The molecule has 0 radical (unpaired) electrons. The van der Waals surface area contributed by atoms with Gasteiger partial charge in [-0.05, 0) is 91.9 Å². The van der Waals surface area contributed by atoms with Gasteiger partial charge in [-0.25, -0.2) is 22.9 Å². The summed E-state index contributed by atoms with van der Waals surface area (Å²) >= 11 is 0. The molecular formula is C33H30F3N3O8S. The van der Waals surface area contributed by atoms with Crippen molar-refractivity contribution in [2.45, 2.75) is 55.5 Å². The molecule has 48 heavy (non-hydrogen) atoms. The lowest BCUT2D eigenvalue weighted by Gasteiger charge is -2.29. The van der Waals surface area contributed by atoms with Crippen LogP contribution in [0.25, 0.3) is 0 Å². The predicted molar refractivity (Wildman–Crippen MR) is 167 cm³/mol. The van der Waals surface area contributed by atoms with Crippen LogP contribution in [0.5, 0.6) is 23.1 Å². The molecule has 0 aliphatic heterocycles. The first-order valence-electron chi connectivity index (χ1n) is 14.7. The third-order valence-electron chi connectivity index (χ3n) is 7.31. The standard InChI is InChI=1S/C33H30F3N3O8S/c34-33(35,36)47-26-14-16-27(17-15-26)48(43,44)39-22-6-8-23(9-7-22)45-24-10-12-25(13-11-24)46-31-18-5-21(20-37-31)19-30(40)38-29-4-2-1-3-28(29)32(41)42/h1-5,10-18,20,22-23,39H,6-9,19H2,(H,38,40)(H,41,42). The van der Waals surface area contributed by atoms with E-state index in [0.717, 1.165) is 24.3 Å². The fourth-order valence-corrected chi connectivity index (χ4v) is 6.35. The number of anilines is 1. The zero-order valence-electron chi connectivity index (χ0n) is 25.1. The fraction of sp³-hybridized carbons (Fsp3) is 0.242. The van der Waals surface area contributed by atoms with E-state index in [-0.39, 0.29) is 34.7 Å². The first-order chi connectivity index (χ1) is 22.8. The Morgan fingerprint density at radius 1 is 0.854 bits per heavy atom. The Morgan fingerprint density at radius 3 is 2.12 bits per heavy atom. The lowest BCUT2D eigenvalue weighted by atomic mass is 9.94. The summed E-state index contributed by atoms with van der Waals surface area (Å²) in [7, 11) is -3.93. The van der Waals surface area contributed by atoms with Gasteiger partial charge in [0.15, 0.2) is 0 Å². The topological polar surface area (TPSA) is 153 Å². The molecule has 3 N–H and O–H groups in total. The fourth-order valence-electron chi connectivity index (χ4n) is 5.04. The smallest absolute Gasteiger partial charge is 0.490 e. The van der Waals surface area contributed by atoms with Gasteiger partial charge >= 0.3 is 12.3 Å². The highest BCUT2D eigenvalue weighted by molar-refractivity contribution is 7.89. The zero-order valence-corrected chi connectivity index (χ0v) is 26.0. The number of ether oxygens (including phenoxy) is 3. The molecule has 0 saturated heterocycles. The van der Waals surface area contributed by atoms with Gasteiger partial charge in [-0.1, -0.05) is 18.2 Å². The second-order valence-corrected chi connectivity index (χ2v) is 12.6. The number of hydrogen-bond donors (Lipinski definition) is 3. The number of carbonyl (C=O) groups excluding carboxylic acids is 1. The average molecular weight is 686 g/mol. The molecule has 1 aromatic heterocycles. The van der Waals surface area contributed by atoms with Gasteiger partial charge in [0.1, 0.15) is 17.2 Å². The number of para-hydroxylation sites is 1. The van der Waals surface area contributed by atoms with E-state index in [9.17, 15) is 36.3 Å². The number of nitrogens with zero attached hydrogens (tertiary/aromatic N) is 1. The predicted octanol–water partition coefficient (Wildman–Crippen LogP) is 6.32. The van der Waals surface area contributed by atoms with Gasteiger partial charge in [0.2, 0.25) is 21.8 Å². The molecule has 0 atom stereocenters. The number of pyridine rings is 1. The van der Waals surface area contributed by atoms with Gasteiger partial charge < -0.3 is 24.6 Å². The Hall–Kier alpha value is -5.15. The van der Waals surface area contributed by atoms with Crippen molar-refractivity contribution in [1.29, 1.82) is 0 Å². The number of sulfonamides is 1. The molecule has 1 heterocycles. The number of amides is 1. The zero-order chi connectivity index (χ0) is 34.3. The number of nitrogens with one attached hydrogen (secondary N) is 2. The van der Waals surface area contributed by atoms with Crippen LogP contribution in [0, 0.1) is 0 Å². The summed E-state index contributed by atoms with van der Waals surface area (Å²) in [4.78, 5) is 27.9. The molecule has 0 bridgehead atoms. The van der Waals surface area contributed by atoms with Crippen molar-refractivity contribution in [1.82, 2.24) is 9.71 Å². The number of alkyl halides is 3. The van der Waals surface area contributed by atoms with Crippen molar-refractivity contribution >= 4 is 27.6 Å². The first kappa shape index (κ1) is 34.2. The van der Waals surface area contributed by atoms with E-state index in [1.54, 1.807) is 48.5 Å². The van der Waals surface area contributed by atoms with E-state index in [1.807, 2.05) is 0 Å². The summed E-state index contributed by atoms with van der Waals surface area (Å²) in [5, 5.41) is 11.9. The largest absolute Gasteiger partial charge is 0.573 e. The van der Waals surface area contributed by atoms with Crippen molar-refractivity contribution in [2.24, 2.45) is 0 Å². The van der Waals surface area contributed by atoms with Crippen LogP contribution >= 0.6 is 0 Å². The molecule has 11 nitrogen and oxygen atoms in total. The summed E-state index contributed by atoms with van der Waals surface area (Å²) in [6.45, 7) is 0. The maximum atomic E-state index is 12.7. The summed E-state index contributed by atoms with van der Waals surface area (Å²) in [6.07, 6.45) is -1.33. The van der Waals surface area contributed by atoms with Gasteiger partial charge in [0.05, 0.1) is 28.7 Å². The molecule has 3 aromatic carbocycles. The number of carbonyl (C=O) groups is 2. The molecule has 5 rings (SSSR count). The Morgan fingerprint density at radius 2 is 1.50 bits per heavy atom. The quantitative estimate of drug-likeness (QED) is 0.156. The molecule has 1 fully saturated rings. The molecule has 1 aliphatic rings. The highest BCUT2D eigenvalue weighted by Gasteiger charge is 2.31. The van der Waals surface area contributed by atoms with Crippen LogP contribution in [0.1, 0.15) is 41.6 Å². The highest BCUT2D eigenvalue weighted by atomic mass is 32.2. The molecule has 15 heteroatoms. The van der Waals surface area contributed by atoms with Crippen molar-refractivity contribution in [3.8, 4) is 23.1 Å². The molecule has 1 saturated carbocycles. The number of hydrogen-bond acceptors (Lipinski definition) is 8. The van der Waals surface area contributed by atoms with Crippen LogP contribution in [-0.2, 0) is 21.2 Å². The van der Waals surface area contributed by atoms with Gasteiger partial charge in [-0.2, -0.15) is 0 Å². The number of carboxylic acid groups (broad SMARTS) is 1. The number of benzene rings is 3. The molecule has 1 aliphatic carbocycles. The van der Waals surface area contributed by atoms with E-state index in [0.29, 0.717) is 48.6 Å². The summed E-state index contributed by atoms with van der Waals surface area (Å²) in [5.74, 6) is -0.634. The SMILES string of the molecule is O=C(Cc1ccc(Oc2ccc(OC3CCC(NS(=O)(=O)c4ccc(OC(F)(F)F)cc4)CC3)cc2)nc1)Nc1ccccc1C(=O)O. The minimum absolute atomic E-state index is 0.00642. The van der Waals surface area contributed by atoms with E-state index in [2.05, 4.69) is 19.8 Å². The molecule has 252 valence electrons. The molecule has 1 amide bonds. The number of carboxylic acids is 1. The van der Waals surface area contributed by atoms with Gasteiger partial charge in [0, 0.05) is 18.3 Å². The van der Waals surface area contributed by atoms with E-state index < -0.39 is 34.0 Å². The lowest BCUT2D eigenvalue weighted by molar-refractivity contribution is -0.274. The number of rotatable bonds is 12. The van der Waals surface area contributed by atoms with Crippen LogP contribution in [0.3, 0.4) is 0 Å². The Kier molecular flexibility index (Phi) is 10.5.